The van der Waals surface area contributed by atoms with Crippen molar-refractivity contribution in [2.24, 2.45) is 0 Å². The Morgan fingerprint density at radius 1 is 1.24 bits per heavy atom. The van der Waals surface area contributed by atoms with E-state index in [0.717, 1.165) is 16.7 Å². The van der Waals surface area contributed by atoms with Gasteiger partial charge in [0.1, 0.15) is 5.82 Å². The number of para-hydroxylation sites is 1. The lowest BCUT2D eigenvalue weighted by atomic mass is 10.2. The molecule has 7 nitrogen and oxygen atoms in total. The van der Waals surface area contributed by atoms with Gasteiger partial charge in [0.05, 0.1) is 18.3 Å². The first-order valence-corrected chi connectivity index (χ1v) is 6.45. The molecule has 0 fully saturated rings. The maximum atomic E-state index is 10.7. The molecule has 106 valence electrons. The van der Waals surface area contributed by atoms with Gasteiger partial charge in [-0.05, 0) is 18.2 Å². The topological polar surface area (TPSA) is 92.9 Å². The van der Waals surface area contributed by atoms with Crippen LogP contribution in [0.4, 0.5) is 5.82 Å². The number of rotatable bonds is 5. The van der Waals surface area contributed by atoms with E-state index in [1.54, 1.807) is 0 Å². The van der Waals surface area contributed by atoms with E-state index in [1.165, 1.54) is 10.9 Å². The number of benzene rings is 1. The summed E-state index contributed by atoms with van der Waals surface area (Å²) in [5.74, 6) is -0.308. The fraction of sp³-hybridized carbons (Fsp3) is 0.143. The van der Waals surface area contributed by atoms with Gasteiger partial charge in [-0.2, -0.15) is 0 Å². The van der Waals surface area contributed by atoms with Crippen LogP contribution in [0.2, 0.25) is 0 Å². The molecule has 1 aromatic carbocycles. The molecule has 2 N–H and O–H groups in total. The number of carboxylic acids is 1. The molecule has 2 heterocycles. The quantitative estimate of drug-likeness (QED) is 0.739. The highest BCUT2D eigenvalue weighted by atomic mass is 16.4. The zero-order valence-electron chi connectivity index (χ0n) is 11.1. The molecule has 21 heavy (non-hydrogen) atoms. The van der Waals surface area contributed by atoms with Crippen molar-refractivity contribution in [3.8, 4) is 0 Å². The molecule has 0 radical (unpaired) electrons. The maximum Gasteiger partial charge on any atom is 0.358 e. The summed E-state index contributed by atoms with van der Waals surface area (Å²) in [6, 6.07) is 11.8. The van der Waals surface area contributed by atoms with E-state index in [9.17, 15) is 4.79 Å². The number of aromatic carboxylic acids is 1. The summed E-state index contributed by atoms with van der Waals surface area (Å²) >= 11 is 0. The van der Waals surface area contributed by atoms with E-state index in [2.05, 4.69) is 20.6 Å². The molecule has 0 saturated heterocycles. The number of nitrogens with zero attached hydrogens (tertiary/aromatic N) is 4. The van der Waals surface area contributed by atoms with Crippen LogP contribution in [-0.2, 0) is 6.54 Å². The normalized spacial score (nSPS) is 10.7. The number of carbonyl (C=O) groups is 1. The van der Waals surface area contributed by atoms with Crippen molar-refractivity contribution in [3.05, 3.63) is 48.3 Å². The van der Waals surface area contributed by atoms with E-state index in [0.29, 0.717) is 13.1 Å². The number of hydrogen-bond acceptors (Lipinski definition) is 5. The number of aromatic nitrogens is 4. The van der Waals surface area contributed by atoms with Crippen LogP contribution in [0.5, 0.6) is 0 Å². The van der Waals surface area contributed by atoms with Crippen molar-refractivity contribution < 1.29 is 9.90 Å². The predicted molar refractivity (Wildman–Crippen MR) is 77.2 cm³/mol. The summed E-state index contributed by atoms with van der Waals surface area (Å²) in [5, 5.41) is 20.3. The van der Waals surface area contributed by atoms with Gasteiger partial charge < -0.3 is 10.4 Å². The van der Waals surface area contributed by atoms with Crippen LogP contribution in [0.25, 0.3) is 10.9 Å². The van der Waals surface area contributed by atoms with Gasteiger partial charge in [-0.1, -0.05) is 23.4 Å². The van der Waals surface area contributed by atoms with Gasteiger partial charge >= 0.3 is 5.97 Å². The fourth-order valence-corrected chi connectivity index (χ4v) is 1.97. The predicted octanol–water partition coefficient (Wildman–Crippen LogP) is 1.64. The van der Waals surface area contributed by atoms with Crippen LogP contribution < -0.4 is 5.32 Å². The third kappa shape index (κ3) is 2.97. The van der Waals surface area contributed by atoms with Gasteiger partial charge in [0.2, 0.25) is 0 Å². The number of nitrogens with one attached hydrogen (secondary N) is 1. The van der Waals surface area contributed by atoms with Crippen LogP contribution in [-0.4, -0.2) is 37.6 Å². The number of anilines is 1. The Bertz CT molecular complexity index is 784. The highest BCUT2D eigenvalue weighted by molar-refractivity contribution is 5.84. The summed E-state index contributed by atoms with van der Waals surface area (Å²) in [5.41, 5.74) is 0.871. The van der Waals surface area contributed by atoms with E-state index in [-0.39, 0.29) is 5.69 Å². The van der Waals surface area contributed by atoms with Gasteiger partial charge in [0.25, 0.3) is 0 Å². The molecule has 0 amide bonds. The third-order valence-electron chi connectivity index (χ3n) is 3.00. The monoisotopic (exact) mass is 283 g/mol. The first-order valence-electron chi connectivity index (χ1n) is 6.45. The molecular weight excluding hydrogens is 270 g/mol. The van der Waals surface area contributed by atoms with Gasteiger partial charge in [0, 0.05) is 11.9 Å². The number of pyridine rings is 1. The Morgan fingerprint density at radius 2 is 2.10 bits per heavy atom. The summed E-state index contributed by atoms with van der Waals surface area (Å²) in [6.45, 7) is 1.09. The molecule has 2 aromatic heterocycles. The number of fused-ring (bicyclic) bond motifs is 1. The molecule has 7 heteroatoms. The molecule has 3 aromatic rings. The third-order valence-corrected chi connectivity index (χ3v) is 3.00. The highest BCUT2D eigenvalue weighted by Gasteiger charge is 2.07. The Kier molecular flexibility index (Phi) is 3.46. The molecule has 0 aliphatic carbocycles. The number of hydrogen-bond donors (Lipinski definition) is 2. The Balaban J connectivity index is 1.62. The van der Waals surface area contributed by atoms with Crippen LogP contribution in [0.15, 0.2) is 42.6 Å². The smallest absolute Gasteiger partial charge is 0.358 e. The van der Waals surface area contributed by atoms with Crippen molar-refractivity contribution in [3.63, 3.8) is 0 Å². The lowest BCUT2D eigenvalue weighted by Gasteiger charge is -2.06. The summed E-state index contributed by atoms with van der Waals surface area (Å²) in [7, 11) is 0. The molecule has 3 rings (SSSR count). The van der Waals surface area contributed by atoms with Crippen LogP contribution in [0, 0.1) is 0 Å². The first kappa shape index (κ1) is 13.0. The zero-order chi connectivity index (χ0) is 14.7. The average molecular weight is 283 g/mol. The van der Waals surface area contributed by atoms with E-state index in [1.807, 2.05) is 36.4 Å². The van der Waals surface area contributed by atoms with Crippen molar-refractivity contribution in [1.82, 2.24) is 20.0 Å². The first-order chi connectivity index (χ1) is 10.2. The molecule has 0 spiro atoms. The van der Waals surface area contributed by atoms with E-state index < -0.39 is 5.97 Å². The molecule has 0 unspecified atom stereocenters. The molecule has 0 aliphatic heterocycles. The van der Waals surface area contributed by atoms with E-state index in [4.69, 9.17) is 5.11 Å². The highest BCUT2D eigenvalue weighted by Crippen LogP contribution is 2.14. The molecule has 0 saturated carbocycles. The van der Waals surface area contributed by atoms with Crippen molar-refractivity contribution >= 4 is 22.7 Å². The Hall–Kier alpha value is -2.96. The molecular formula is C14H13N5O2. The van der Waals surface area contributed by atoms with Crippen LogP contribution >= 0.6 is 0 Å². The Labute approximate surface area is 120 Å². The van der Waals surface area contributed by atoms with Gasteiger partial charge in [-0.15, -0.1) is 5.10 Å². The van der Waals surface area contributed by atoms with Crippen LogP contribution in [0.1, 0.15) is 10.5 Å². The number of carboxylic acid groups (broad SMARTS) is 1. The summed E-state index contributed by atoms with van der Waals surface area (Å²) in [6.07, 6.45) is 1.40. The molecule has 0 aliphatic rings. The second-order valence-corrected chi connectivity index (χ2v) is 4.49. The van der Waals surface area contributed by atoms with E-state index >= 15 is 0 Å². The standard InChI is InChI=1S/C14H13N5O2/c20-14(21)12-9-19(18-17-12)8-7-15-13-6-5-10-3-1-2-4-11(10)16-13/h1-6,9H,7-8H2,(H,15,16)(H,20,21). The minimum atomic E-state index is -1.08. The summed E-state index contributed by atoms with van der Waals surface area (Å²) < 4.78 is 1.48. The van der Waals surface area contributed by atoms with Crippen LogP contribution in [0.3, 0.4) is 0 Å². The summed E-state index contributed by atoms with van der Waals surface area (Å²) in [4.78, 5) is 15.2. The van der Waals surface area contributed by atoms with Gasteiger partial charge in [-0.25, -0.2) is 14.5 Å². The molecule has 0 atom stereocenters. The Morgan fingerprint density at radius 3 is 2.90 bits per heavy atom. The second-order valence-electron chi connectivity index (χ2n) is 4.49. The molecule has 0 bridgehead atoms. The largest absolute Gasteiger partial charge is 0.476 e. The van der Waals surface area contributed by atoms with Gasteiger partial charge in [0.15, 0.2) is 5.69 Å². The van der Waals surface area contributed by atoms with Gasteiger partial charge in [-0.3, -0.25) is 0 Å². The lowest BCUT2D eigenvalue weighted by Crippen LogP contribution is -2.11. The SMILES string of the molecule is O=C(O)c1cn(CCNc2ccc3ccccc3n2)nn1. The average Bonchev–Trinajstić information content (AvgIpc) is 2.96. The maximum absolute atomic E-state index is 10.7. The second kappa shape index (κ2) is 5.58. The van der Waals surface area contributed by atoms with Crippen molar-refractivity contribution in [1.29, 1.82) is 0 Å². The van der Waals surface area contributed by atoms with Crippen molar-refractivity contribution in [2.45, 2.75) is 6.54 Å². The minimum Gasteiger partial charge on any atom is -0.476 e. The fourth-order valence-electron chi connectivity index (χ4n) is 1.97. The lowest BCUT2D eigenvalue weighted by molar-refractivity contribution is 0.0690. The zero-order valence-corrected chi connectivity index (χ0v) is 11.1. The van der Waals surface area contributed by atoms with Crippen molar-refractivity contribution in [2.75, 3.05) is 11.9 Å². The minimum absolute atomic E-state index is 0.0566.